The van der Waals surface area contributed by atoms with Crippen LogP contribution in [0.4, 0.5) is 39.5 Å². The number of rotatable bonds is 7. The van der Waals surface area contributed by atoms with E-state index in [9.17, 15) is 39.5 Å². The lowest BCUT2D eigenvalue weighted by Crippen LogP contribution is -2.61. The van der Waals surface area contributed by atoms with Gasteiger partial charge < -0.3 is 9.47 Å². The Morgan fingerprint density at radius 2 is 1.28 bits per heavy atom. The van der Waals surface area contributed by atoms with E-state index in [-0.39, 0.29) is 11.3 Å². The van der Waals surface area contributed by atoms with Crippen molar-refractivity contribution in [1.82, 2.24) is 0 Å². The third-order valence-electron chi connectivity index (χ3n) is 3.42. The average molecular weight is 384 g/mol. The lowest BCUT2D eigenvalue weighted by molar-refractivity contribution is -0.398. The second kappa shape index (κ2) is 6.93. The molecule has 1 atom stereocenters. The van der Waals surface area contributed by atoms with Gasteiger partial charge in [-0.05, 0) is 17.7 Å². The molecule has 1 aromatic carbocycles. The van der Waals surface area contributed by atoms with Crippen molar-refractivity contribution >= 4 is 0 Å². The molecule has 0 saturated heterocycles. The SMILES string of the molecule is COc1ccc(C(CC(F)(F)C(F)(F)C(F)(F)C(F)(F)F)OC)cc1. The number of hydrogen-bond acceptors (Lipinski definition) is 2. The van der Waals surface area contributed by atoms with Crippen LogP contribution in [0.3, 0.4) is 0 Å². The van der Waals surface area contributed by atoms with Gasteiger partial charge in [-0.25, -0.2) is 0 Å². The number of halogens is 9. The van der Waals surface area contributed by atoms with Crippen molar-refractivity contribution in [3.05, 3.63) is 29.8 Å². The van der Waals surface area contributed by atoms with Gasteiger partial charge in [-0.15, -0.1) is 0 Å². The van der Waals surface area contributed by atoms with E-state index in [4.69, 9.17) is 4.74 Å². The Bertz CT molecular complexity index is 567. The van der Waals surface area contributed by atoms with Gasteiger partial charge in [-0.3, -0.25) is 0 Å². The van der Waals surface area contributed by atoms with Crippen molar-refractivity contribution in [3.8, 4) is 5.75 Å². The molecule has 0 aliphatic heterocycles. The molecular formula is C14H13F9O2. The minimum absolute atomic E-state index is 0.130. The number of benzene rings is 1. The van der Waals surface area contributed by atoms with Crippen molar-refractivity contribution in [2.75, 3.05) is 14.2 Å². The van der Waals surface area contributed by atoms with Crippen LogP contribution in [0.2, 0.25) is 0 Å². The first-order valence-corrected chi connectivity index (χ1v) is 6.58. The highest BCUT2D eigenvalue weighted by molar-refractivity contribution is 5.28. The Morgan fingerprint density at radius 1 is 0.800 bits per heavy atom. The maximum absolute atomic E-state index is 13.7. The molecular weight excluding hydrogens is 371 g/mol. The Morgan fingerprint density at radius 3 is 1.64 bits per heavy atom. The molecule has 2 nitrogen and oxygen atoms in total. The van der Waals surface area contributed by atoms with Gasteiger partial charge >= 0.3 is 23.9 Å². The van der Waals surface area contributed by atoms with E-state index in [1.54, 1.807) is 0 Å². The fourth-order valence-electron chi connectivity index (χ4n) is 1.92. The largest absolute Gasteiger partial charge is 0.497 e. The van der Waals surface area contributed by atoms with E-state index in [0.29, 0.717) is 0 Å². The molecule has 0 aliphatic carbocycles. The van der Waals surface area contributed by atoms with Gasteiger partial charge in [0.2, 0.25) is 0 Å². The molecule has 144 valence electrons. The smallest absolute Gasteiger partial charge is 0.460 e. The molecule has 1 unspecified atom stereocenters. The topological polar surface area (TPSA) is 18.5 Å². The van der Waals surface area contributed by atoms with Gasteiger partial charge in [0.15, 0.2) is 0 Å². The first-order valence-electron chi connectivity index (χ1n) is 6.58. The van der Waals surface area contributed by atoms with Gasteiger partial charge in [0.25, 0.3) is 0 Å². The van der Waals surface area contributed by atoms with Crippen LogP contribution in [-0.2, 0) is 4.74 Å². The summed E-state index contributed by atoms with van der Waals surface area (Å²) in [5.74, 6) is -19.0. The minimum Gasteiger partial charge on any atom is -0.497 e. The first kappa shape index (κ1) is 21.4. The molecule has 0 aliphatic rings. The summed E-state index contributed by atoms with van der Waals surface area (Å²) in [4.78, 5) is 0. The van der Waals surface area contributed by atoms with Crippen molar-refractivity contribution in [2.24, 2.45) is 0 Å². The third-order valence-corrected chi connectivity index (χ3v) is 3.42. The van der Waals surface area contributed by atoms with E-state index in [1.807, 2.05) is 0 Å². The van der Waals surface area contributed by atoms with Crippen LogP contribution in [0.25, 0.3) is 0 Å². The highest BCUT2D eigenvalue weighted by Crippen LogP contribution is 2.55. The monoisotopic (exact) mass is 384 g/mol. The van der Waals surface area contributed by atoms with Gasteiger partial charge in [-0.2, -0.15) is 39.5 Å². The van der Waals surface area contributed by atoms with Gasteiger partial charge in [0, 0.05) is 13.5 Å². The highest BCUT2D eigenvalue weighted by atomic mass is 19.4. The molecule has 0 radical (unpaired) electrons. The highest BCUT2D eigenvalue weighted by Gasteiger charge is 2.81. The second-order valence-electron chi connectivity index (χ2n) is 5.05. The van der Waals surface area contributed by atoms with Crippen LogP contribution in [0.15, 0.2) is 24.3 Å². The summed E-state index contributed by atoms with van der Waals surface area (Å²) >= 11 is 0. The second-order valence-corrected chi connectivity index (χ2v) is 5.05. The molecule has 0 N–H and O–H groups in total. The Labute approximate surface area is 136 Å². The summed E-state index contributed by atoms with van der Waals surface area (Å²) in [7, 11) is 2.11. The van der Waals surface area contributed by atoms with E-state index < -0.39 is 36.5 Å². The van der Waals surface area contributed by atoms with E-state index in [0.717, 1.165) is 19.2 Å². The fourth-order valence-corrected chi connectivity index (χ4v) is 1.92. The van der Waals surface area contributed by atoms with Crippen molar-refractivity contribution in [3.63, 3.8) is 0 Å². The maximum atomic E-state index is 13.7. The van der Waals surface area contributed by atoms with Crippen LogP contribution in [-0.4, -0.2) is 38.2 Å². The summed E-state index contributed by atoms with van der Waals surface area (Å²) in [5.41, 5.74) is -0.130. The van der Waals surface area contributed by atoms with Crippen LogP contribution < -0.4 is 4.74 Å². The van der Waals surface area contributed by atoms with E-state index in [2.05, 4.69) is 4.74 Å². The van der Waals surface area contributed by atoms with Crippen molar-refractivity contribution < 1.29 is 49.0 Å². The zero-order valence-electron chi connectivity index (χ0n) is 12.8. The predicted octanol–water partition coefficient (Wildman–Crippen LogP) is 5.24. The molecule has 0 aromatic heterocycles. The molecule has 1 rings (SSSR count). The van der Waals surface area contributed by atoms with Crippen LogP contribution in [0.1, 0.15) is 18.1 Å². The van der Waals surface area contributed by atoms with Crippen molar-refractivity contribution in [2.45, 2.75) is 36.5 Å². The Hall–Kier alpha value is -1.65. The fraction of sp³-hybridized carbons (Fsp3) is 0.571. The lowest BCUT2D eigenvalue weighted by atomic mass is 9.95. The molecule has 0 spiro atoms. The summed E-state index contributed by atoms with van der Waals surface area (Å²) in [5, 5.41) is 0. The quantitative estimate of drug-likeness (QED) is 0.599. The standard InChI is InChI=1S/C14H13F9O2/c1-24-9-5-3-8(4-6-9)10(25-2)7-11(15,16)12(17,18)13(19,20)14(21,22)23/h3-6,10H,7H2,1-2H3. The molecule has 0 fully saturated rings. The summed E-state index contributed by atoms with van der Waals surface area (Å²) in [6, 6.07) is 4.76. The van der Waals surface area contributed by atoms with Crippen LogP contribution in [0, 0.1) is 0 Å². The lowest BCUT2D eigenvalue weighted by Gasteiger charge is -2.35. The van der Waals surface area contributed by atoms with Crippen LogP contribution >= 0.6 is 0 Å². The van der Waals surface area contributed by atoms with Gasteiger partial charge in [-0.1, -0.05) is 12.1 Å². The third kappa shape index (κ3) is 3.96. The zero-order chi connectivity index (χ0) is 19.7. The zero-order valence-corrected chi connectivity index (χ0v) is 12.8. The van der Waals surface area contributed by atoms with Gasteiger partial charge in [0.1, 0.15) is 5.75 Å². The number of ether oxygens (including phenoxy) is 2. The Balaban J connectivity index is 3.14. The van der Waals surface area contributed by atoms with Crippen molar-refractivity contribution in [1.29, 1.82) is 0 Å². The van der Waals surface area contributed by atoms with E-state index in [1.165, 1.54) is 19.2 Å². The number of hydrogen-bond donors (Lipinski definition) is 0. The van der Waals surface area contributed by atoms with Crippen LogP contribution in [0.5, 0.6) is 5.75 Å². The average Bonchev–Trinajstić information content (AvgIpc) is 2.51. The number of methoxy groups -OCH3 is 2. The molecule has 0 amide bonds. The molecule has 0 bridgehead atoms. The summed E-state index contributed by atoms with van der Waals surface area (Å²) in [6.45, 7) is 0. The predicted molar refractivity (Wildman–Crippen MR) is 68.3 cm³/mol. The Kier molecular flexibility index (Phi) is 5.93. The molecule has 11 heteroatoms. The normalized spacial score (nSPS) is 15.2. The molecule has 25 heavy (non-hydrogen) atoms. The van der Waals surface area contributed by atoms with E-state index >= 15 is 0 Å². The summed E-state index contributed by atoms with van der Waals surface area (Å²) in [6.07, 6.45) is -10.8. The minimum atomic E-state index is -6.91. The number of alkyl halides is 9. The first-order chi connectivity index (χ1) is 11.2. The maximum Gasteiger partial charge on any atom is 0.460 e. The molecule has 0 saturated carbocycles. The molecule has 1 aromatic rings. The summed E-state index contributed by atoms with van der Waals surface area (Å²) < 4.78 is 125. The van der Waals surface area contributed by atoms with Gasteiger partial charge in [0.05, 0.1) is 13.2 Å². The molecule has 0 heterocycles.